The monoisotopic (exact) mass is 329 g/mol. The van der Waals surface area contributed by atoms with E-state index in [9.17, 15) is 13.2 Å². The maximum atomic E-state index is 11.9. The van der Waals surface area contributed by atoms with Crippen LogP contribution in [0.1, 0.15) is 12.5 Å². The lowest BCUT2D eigenvalue weighted by Gasteiger charge is -2.24. The van der Waals surface area contributed by atoms with Crippen LogP contribution in [0, 0.1) is 0 Å². The van der Waals surface area contributed by atoms with Gasteiger partial charge in [-0.1, -0.05) is 12.1 Å². The average molecular weight is 329 g/mol. The zero-order valence-electron chi connectivity index (χ0n) is 13.1. The van der Waals surface area contributed by atoms with E-state index in [0.717, 1.165) is 5.56 Å². The second-order valence-electron chi connectivity index (χ2n) is 5.09. The Hall–Kier alpha value is -1.64. The minimum Gasteiger partial charge on any atom is -0.383 e. The van der Waals surface area contributed by atoms with Crippen LogP contribution in [-0.4, -0.2) is 52.7 Å². The molecule has 3 N–H and O–H groups in total. The van der Waals surface area contributed by atoms with Crippen LogP contribution >= 0.6 is 0 Å². The quantitative estimate of drug-likeness (QED) is 0.763. The second-order valence-corrected chi connectivity index (χ2v) is 6.65. The molecule has 0 bridgehead atoms. The molecular formula is C14H23N3O4S. The number of rotatable bonds is 7. The van der Waals surface area contributed by atoms with Gasteiger partial charge in [-0.3, -0.25) is 0 Å². The number of likely N-dealkylation sites (N-methyl/N-ethyl adjacent to an activating group) is 1. The highest BCUT2D eigenvalue weighted by Gasteiger charge is 2.14. The van der Waals surface area contributed by atoms with E-state index in [2.05, 4.69) is 5.32 Å². The fraction of sp³-hybridized carbons (Fsp3) is 0.500. The van der Waals surface area contributed by atoms with Crippen molar-refractivity contribution in [3.8, 4) is 0 Å². The van der Waals surface area contributed by atoms with Gasteiger partial charge in [0.25, 0.3) is 0 Å². The Balaban J connectivity index is 2.46. The van der Waals surface area contributed by atoms with Crippen LogP contribution in [0.2, 0.25) is 0 Å². The number of primary sulfonamides is 1. The highest BCUT2D eigenvalue weighted by molar-refractivity contribution is 7.89. The van der Waals surface area contributed by atoms with Gasteiger partial charge < -0.3 is 15.0 Å². The number of ether oxygens (including phenoxy) is 1. The number of methoxy groups -OCH3 is 1. The second kappa shape index (κ2) is 8.11. The number of nitrogens with zero attached hydrogens (tertiary/aromatic N) is 1. The normalized spacial score (nSPS) is 12.7. The Morgan fingerprint density at radius 2 is 1.95 bits per heavy atom. The van der Waals surface area contributed by atoms with Gasteiger partial charge in [-0.25, -0.2) is 18.4 Å². The van der Waals surface area contributed by atoms with Gasteiger partial charge in [0, 0.05) is 20.7 Å². The maximum Gasteiger partial charge on any atom is 0.317 e. The van der Waals surface area contributed by atoms with Crippen LogP contribution in [0.25, 0.3) is 0 Å². The summed E-state index contributed by atoms with van der Waals surface area (Å²) in [7, 11) is -0.369. The smallest absolute Gasteiger partial charge is 0.317 e. The summed E-state index contributed by atoms with van der Waals surface area (Å²) in [5, 5.41) is 7.84. The van der Waals surface area contributed by atoms with Crippen LogP contribution in [0.4, 0.5) is 4.79 Å². The minimum absolute atomic E-state index is 0.0148. The van der Waals surface area contributed by atoms with Gasteiger partial charge in [-0.2, -0.15) is 0 Å². The molecule has 0 spiro atoms. The molecule has 1 rings (SSSR count). The molecule has 0 saturated heterocycles. The summed E-state index contributed by atoms with van der Waals surface area (Å²) < 4.78 is 27.3. The van der Waals surface area contributed by atoms with Crippen molar-refractivity contribution in [2.45, 2.75) is 24.3 Å². The number of urea groups is 1. The molecule has 8 heteroatoms. The number of benzene rings is 1. The third kappa shape index (κ3) is 5.63. The fourth-order valence-corrected chi connectivity index (χ4v) is 2.35. The molecule has 1 atom stereocenters. The van der Waals surface area contributed by atoms with Crippen molar-refractivity contribution >= 4 is 16.1 Å². The van der Waals surface area contributed by atoms with E-state index in [1.165, 1.54) is 12.1 Å². The third-order valence-electron chi connectivity index (χ3n) is 3.33. The molecule has 124 valence electrons. The van der Waals surface area contributed by atoms with Crippen molar-refractivity contribution in [2.24, 2.45) is 5.14 Å². The predicted molar refractivity (Wildman–Crippen MR) is 84.0 cm³/mol. The Labute approximate surface area is 131 Å². The van der Waals surface area contributed by atoms with E-state index >= 15 is 0 Å². The van der Waals surface area contributed by atoms with Crippen LogP contribution in [0.15, 0.2) is 29.2 Å². The largest absolute Gasteiger partial charge is 0.383 e. The molecule has 0 fully saturated rings. The van der Waals surface area contributed by atoms with Crippen LogP contribution < -0.4 is 10.5 Å². The summed E-state index contributed by atoms with van der Waals surface area (Å²) in [6.07, 6.45) is 0.600. The number of hydrogen-bond acceptors (Lipinski definition) is 4. The first-order valence-electron chi connectivity index (χ1n) is 6.87. The van der Waals surface area contributed by atoms with E-state index in [1.807, 2.05) is 6.92 Å². The summed E-state index contributed by atoms with van der Waals surface area (Å²) in [6.45, 7) is 2.83. The molecular weight excluding hydrogens is 306 g/mol. The van der Waals surface area contributed by atoms with E-state index in [1.54, 1.807) is 31.2 Å². The van der Waals surface area contributed by atoms with Gasteiger partial charge in [0.15, 0.2) is 0 Å². The molecule has 0 heterocycles. The first-order chi connectivity index (χ1) is 10.3. The number of amides is 2. The molecule has 7 nitrogen and oxygen atoms in total. The Morgan fingerprint density at radius 3 is 2.45 bits per heavy atom. The molecule has 0 saturated carbocycles. The number of nitrogens with two attached hydrogens (primary N) is 1. The van der Waals surface area contributed by atoms with Crippen molar-refractivity contribution in [1.82, 2.24) is 10.2 Å². The minimum atomic E-state index is -3.67. The fourth-order valence-electron chi connectivity index (χ4n) is 1.84. The molecule has 0 aliphatic heterocycles. The summed E-state index contributed by atoms with van der Waals surface area (Å²) in [6, 6.07) is 6.09. The molecule has 0 unspecified atom stereocenters. The van der Waals surface area contributed by atoms with Crippen molar-refractivity contribution in [3.63, 3.8) is 0 Å². The van der Waals surface area contributed by atoms with Crippen molar-refractivity contribution < 1.29 is 17.9 Å². The average Bonchev–Trinajstić information content (AvgIpc) is 2.46. The van der Waals surface area contributed by atoms with E-state index in [4.69, 9.17) is 9.88 Å². The maximum absolute atomic E-state index is 11.9. The molecule has 0 aromatic heterocycles. The number of sulfonamides is 1. The predicted octanol–water partition coefficient (Wildman–Crippen LogP) is 0.553. The van der Waals surface area contributed by atoms with Gasteiger partial charge in [0.05, 0.1) is 17.5 Å². The van der Waals surface area contributed by atoms with Gasteiger partial charge in [-0.15, -0.1) is 0 Å². The van der Waals surface area contributed by atoms with Crippen molar-refractivity contribution in [3.05, 3.63) is 29.8 Å². The lowest BCUT2D eigenvalue weighted by atomic mass is 10.1. The zero-order chi connectivity index (χ0) is 16.8. The molecule has 1 aromatic rings. The standard InChI is InChI=1S/C14H23N3O4S/c1-11(10-21-3)17(2)14(18)16-9-8-12-4-6-13(7-5-12)22(15,19)20/h4-7,11H,8-10H2,1-3H3,(H,16,18)(H2,15,19,20)/t11-/m0/s1. The SMILES string of the molecule is COC[C@H](C)N(C)C(=O)NCCc1ccc(S(N)(=O)=O)cc1. The summed E-state index contributed by atoms with van der Waals surface area (Å²) in [5.41, 5.74) is 0.917. The number of hydrogen-bond donors (Lipinski definition) is 2. The number of carbonyl (C=O) groups excluding carboxylic acids is 1. The topological polar surface area (TPSA) is 102 Å². The summed E-state index contributed by atoms with van der Waals surface area (Å²) in [5.74, 6) is 0. The first-order valence-corrected chi connectivity index (χ1v) is 8.41. The number of nitrogens with one attached hydrogen (secondary N) is 1. The number of carbonyl (C=O) groups is 1. The van der Waals surface area contributed by atoms with Crippen molar-refractivity contribution in [2.75, 3.05) is 27.3 Å². The molecule has 1 aromatic carbocycles. The van der Waals surface area contributed by atoms with Gasteiger partial charge in [0.1, 0.15) is 0 Å². The van der Waals surface area contributed by atoms with E-state index < -0.39 is 10.0 Å². The Kier molecular flexibility index (Phi) is 6.79. The highest BCUT2D eigenvalue weighted by Crippen LogP contribution is 2.09. The Morgan fingerprint density at radius 1 is 1.36 bits per heavy atom. The van der Waals surface area contributed by atoms with Gasteiger partial charge in [-0.05, 0) is 31.0 Å². The third-order valence-corrected chi connectivity index (χ3v) is 4.26. The molecule has 0 aliphatic carbocycles. The molecule has 0 aliphatic rings. The van der Waals surface area contributed by atoms with Crippen LogP contribution in [0.5, 0.6) is 0 Å². The van der Waals surface area contributed by atoms with E-state index in [0.29, 0.717) is 19.6 Å². The summed E-state index contributed by atoms with van der Waals surface area (Å²) >= 11 is 0. The Bertz CT molecular complexity index is 587. The lowest BCUT2D eigenvalue weighted by molar-refractivity contribution is 0.123. The molecule has 2 amide bonds. The van der Waals surface area contributed by atoms with Crippen molar-refractivity contribution in [1.29, 1.82) is 0 Å². The zero-order valence-corrected chi connectivity index (χ0v) is 13.9. The van der Waals surface area contributed by atoms with Crippen LogP contribution in [0.3, 0.4) is 0 Å². The van der Waals surface area contributed by atoms with E-state index in [-0.39, 0.29) is 17.0 Å². The lowest BCUT2D eigenvalue weighted by Crippen LogP contribution is -2.44. The molecule has 0 radical (unpaired) electrons. The molecule has 22 heavy (non-hydrogen) atoms. The first kappa shape index (κ1) is 18.4. The summed E-state index contributed by atoms with van der Waals surface area (Å²) in [4.78, 5) is 13.6. The van der Waals surface area contributed by atoms with Gasteiger partial charge >= 0.3 is 6.03 Å². The van der Waals surface area contributed by atoms with Gasteiger partial charge in [0.2, 0.25) is 10.0 Å². The highest BCUT2D eigenvalue weighted by atomic mass is 32.2. The van der Waals surface area contributed by atoms with Crippen LogP contribution in [-0.2, 0) is 21.2 Å².